The quantitative estimate of drug-likeness (QED) is 0.435. The van der Waals surface area contributed by atoms with E-state index in [0.717, 1.165) is 5.69 Å². The van der Waals surface area contributed by atoms with Gasteiger partial charge >= 0.3 is 0 Å². The van der Waals surface area contributed by atoms with Gasteiger partial charge in [0.1, 0.15) is 5.69 Å². The Morgan fingerprint density at radius 2 is 2.07 bits per heavy atom. The van der Waals surface area contributed by atoms with Crippen LogP contribution < -0.4 is 0 Å². The summed E-state index contributed by atoms with van der Waals surface area (Å²) in [7, 11) is 0. The number of oxime groups is 1. The molecule has 5 nitrogen and oxygen atoms in total. The molecule has 70 valence electrons. The zero-order chi connectivity index (χ0) is 9.80. The van der Waals surface area contributed by atoms with E-state index in [4.69, 9.17) is 5.21 Å². The SMILES string of the molecule is O/N=C/c1cnn(-c2ccccc2)n1. The highest BCUT2D eigenvalue weighted by Crippen LogP contribution is 2.02. The molecule has 0 saturated carbocycles. The number of rotatable bonds is 2. The van der Waals surface area contributed by atoms with E-state index < -0.39 is 0 Å². The molecular formula is C9H8N4O. The van der Waals surface area contributed by atoms with Crippen LogP contribution in [0.3, 0.4) is 0 Å². The van der Waals surface area contributed by atoms with Gasteiger partial charge in [-0.3, -0.25) is 0 Å². The molecule has 0 amide bonds. The van der Waals surface area contributed by atoms with Gasteiger partial charge in [-0.15, -0.1) is 5.10 Å². The van der Waals surface area contributed by atoms with E-state index in [0.29, 0.717) is 5.69 Å². The van der Waals surface area contributed by atoms with Crippen molar-refractivity contribution in [2.75, 3.05) is 0 Å². The number of hydrogen-bond donors (Lipinski definition) is 1. The normalized spacial score (nSPS) is 10.9. The molecule has 0 bridgehead atoms. The van der Waals surface area contributed by atoms with E-state index in [2.05, 4.69) is 15.4 Å². The van der Waals surface area contributed by atoms with Crippen LogP contribution in [0.2, 0.25) is 0 Å². The Bertz CT molecular complexity index is 435. The summed E-state index contributed by atoms with van der Waals surface area (Å²) < 4.78 is 0. The van der Waals surface area contributed by atoms with Crippen LogP contribution >= 0.6 is 0 Å². The Morgan fingerprint density at radius 1 is 1.29 bits per heavy atom. The molecular weight excluding hydrogens is 180 g/mol. The van der Waals surface area contributed by atoms with Crippen molar-refractivity contribution < 1.29 is 5.21 Å². The fourth-order valence-electron chi connectivity index (χ4n) is 1.08. The van der Waals surface area contributed by atoms with Crippen LogP contribution in [-0.2, 0) is 0 Å². The maximum Gasteiger partial charge on any atom is 0.127 e. The molecule has 2 rings (SSSR count). The third-order valence-corrected chi connectivity index (χ3v) is 1.69. The zero-order valence-electron chi connectivity index (χ0n) is 7.28. The Kier molecular flexibility index (Phi) is 2.22. The van der Waals surface area contributed by atoms with E-state index in [1.165, 1.54) is 17.2 Å². The third-order valence-electron chi connectivity index (χ3n) is 1.69. The summed E-state index contributed by atoms with van der Waals surface area (Å²) in [6.07, 6.45) is 2.75. The maximum absolute atomic E-state index is 8.29. The van der Waals surface area contributed by atoms with Crippen LogP contribution in [-0.4, -0.2) is 26.4 Å². The van der Waals surface area contributed by atoms with Crippen LogP contribution in [0.15, 0.2) is 41.7 Å². The molecule has 14 heavy (non-hydrogen) atoms. The van der Waals surface area contributed by atoms with Crippen molar-refractivity contribution in [3.8, 4) is 5.69 Å². The summed E-state index contributed by atoms with van der Waals surface area (Å²) >= 11 is 0. The summed E-state index contributed by atoms with van der Waals surface area (Å²) in [5.74, 6) is 0. The fourth-order valence-corrected chi connectivity index (χ4v) is 1.08. The van der Waals surface area contributed by atoms with Gasteiger partial charge in [0.15, 0.2) is 0 Å². The van der Waals surface area contributed by atoms with Gasteiger partial charge in [-0.05, 0) is 12.1 Å². The van der Waals surface area contributed by atoms with Crippen molar-refractivity contribution in [2.24, 2.45) is 5.16 Å². The Morgan fingerprint density at radius 3 is 2.79 bits per heavy atom. The molecule has 0 fully saturated rings. The Hall–Kier alpha value is -2.17. The molecule has 1 aromatic carbocycles. The topological polar surface area (TPSA) is 63.3 Å². The lowest BCUT2D eigenvalue weighted by Crippen LogP contribution is -1.98. The smallest absolute Gasteiger partial charge is 0.127 e. The van der Waals surface area contributed by atoms with Gasteiger partial charge in [-0.2, -0.15) is 9.90 Å². The molecule has 0 aliphatic heterocycles. The van der Waals surface area contributed by atoms with Gasteiger partial charge in [0, 0.05) is 0 Å². The van der Waals surface area contributed by atoms with Crippen molar-refractivity contribution in [3.63, 3.8) is 0 Å². The number of nitrogens with zero attached hydrogens (tertiary/aromatic N) is 4. The lowest BCUT2D eigenvalue weighted by atomic mass is 10.3. The molecule has 0 radical (unpaired) electrons. The highest BCUT2D eigenvalue weighted by atomic mass is 16.4. The second kappa shape index (κ2) is 3.69. The van der Waals surface area contributed by atoms with E-state index >= 15 is 0 Å². The van der Waals surface area contributed by atoms with E-state index in [9.17, 15) is 0 Å². The van der Waals surface area contributed by atoms with E-state index in [1.807, 2.05) is 30.3 Å². The zero-order valence-corrected chi connectivity index (χ0v) is 7.28. The van der Waals surface area contributed by atoms with Crippen LogP contribution in [0.25, 0.3) is 5.69 Å². The summed E-state index contributed by atoms with van der Waals surface area (Å²) in [5, 5.41) is 19.2. The van der Waals surface area contributed by atoms with Gasteiger partial charge in [-0.25, -0.2) is 0 Å². The average molecular weight is 188 g/mol. The minimum Gasteiger partial charge on any atom is -0.411 e. The lowest BCUT2D eigenvalue weighted by molar-refractivity contribution is 0.321. The van der Waals surface area contributed by atoms with Crippen LogP contribution in [0.1, 0.15) is 5.69 Å². The summed E-state index contributed by atoms with van der Waals surface area (Å²) in [6, 6.07) is 9.50. The molecule has 0 aliphatic carbocycles. The van der Waals surface area contributed by atoms with E-state index in [-0.39, 0.29) is 0 Å². The molecule has 2 aromatic rings. The van der Waals surface area contributed by atoms with Crippen molar-refractivity contribution in [1.29, 1.82) is 0 Å². The minimum atomic E-state index is 0.511. The number of hydrogen-bond acceptors (Lipinski definition) is 4. The van der Waals surface area contributed by atoms with Crippen LogP contribution in [0, 0.1) is 0 Å². The van der Waals surface area contributed by atoms with Crippen LogP contribution in [0.5, 0.6) is 0 Å². The molecule has 1 aromatic heterocycles. The maximum atomic E-state index is 8.29. The molecule has 0 atom stereocenters. The monoisotopic (exact) mass is 188 g/mol. The molecule has 0 spiro atoms. The van der Waals surface area contributed by atoms with Crippen molar-refractivity contribution in [3.05, 3.63) is 42.2 Å². The molecule has 1 N–H and O–H groups in total. The Balaban J connectivity index is 2.34. The standard InChI is InChI=1S/C9H8N4O/c14-11-7-8-6-10-13(12-8)9-4-2-1-3-5-9/h1-7,14H/b11-7+. The summed E-state index contributed by atoms with van der Waals surface area (Å²) in [6.45, 7) is 0. The van der Waals surface area contributed by atoms with Crippen LogP contribution in [0.4, 0.5) is 0 Å². The first-order chi connectivity index (χ1) is 6.90. The van der Waals surface area contributed by atoms with E-state index in [1.54, 1.807) is 0 Å². The van der Waals surface area contributed by atoms with Gasteiger partial charge in [0.2, 0.25) is 0 Å². The minimum absolute atomic E-state index is 0.511. The third kappa shape index (κ3) is 1.61. The van der Waals surface area contributed by atoms with Crippen molar-refractivity contribution in [2.45, 2.75) is 0 Å². The second-order valence-electron chi connectivity index (χ2n) is 2.64. The van der Waals surface area contributed by atoms with Crippen molar-refractivity contribution >= 4 is 6.21 Å². The van der Waals surface area contributed by atoms with Gasteiger partial charge in [0.05, 0.1) is 18.1 Å². The fraction of sp³-hybridized carbons (Fsp3) is 0. The molecule has 5 heteroatoms. The summed E-state index contributed by atoms with van der Waals surface area (Å²) in [4.78, 5) is 1.47. The van der Waals surface area contributed by atoms with Gasteiger partial charge in [-0.1, -0.05) is 23.4 Å². The Labute approximate surface area is 80.3 Å². The van der Waals surface area contributed by atoms with Gasteiger partial charge < -0.3 is 5.21 Å². The molecule has 0 unspecified atom stereocenters. The van der Waals surface area contributed by atoms with Crippen molar-refractivity contribution in [1.82, 2.24) is 15.0 Å². The highest BCUT2D eigenvalue weighted by molar-refractivity contribution is 5.75. The van der Waals surface area contributed by atoms with Gasteiger partial charge in [0.25, 0.3) is 0 Å². The highest BCUT2D eigenvalue weighted by Gasteiger charge is 1.99. The molecule has 1 heterocycles. The molecule has 0 aliphatic rings. The predicted molar refractivity (Wildman–Crippen MR) is 50.7 cm³/mol. The second-order valence-corrected chi connectivity index (χ2v) is 2.64. The average Bonchev–Trinajstić information content (AvgIpc) is 2.68. The predicted octanol–water partition coefficient (Wildman–Crippen LogP) is 1.08. The lowest BCUT2D eigenvalue weighted by Gasteiger charge is -1.96. The first-order valence-corrected chi connectivity index (χ1v) is 4.05. The number of benzene rings is 1. The summed E-state index contributed by atoms with van der Waals surface area (Å²) in [5.41, 5.74) is 1.38. The number of aromatic nitrogens is 3. The molecule has 0 saturated heterocycles. The first-order valence-electron chi connectivity index (χ1n) is 4.05. The largest absolute Gasteiger partial charge is 0.411 e. The number of para-hydroxylation sites is 1. The first kappa shape index (κ1) is 8.43.